The zero-order valence-electron chi connectivity index (χ0n) is 12.4. The van der Waals surface area contributed by atoms with Gasteiger partial charge in [-0.15, -0.1) is 0 Å². The Labute approximate surface area is 120 Å². The van der Waals surface area contributed by atoms with Crippen molar-refractivity contribution >= 4 is 15.7 Å². The minimum Gasteiger partial charge on any atom is -0.398 e. The maximum atomic E-state index is 12.6. The van der Waals surface area contributed by atoms with Gasteiger partial charge >= 0.3 is 0 Å². The average Bonchev–Trinajstić information content (AvgIpc) is 2.63. The van der Waals surface area contributed by atoms with Crippen molar-refractivity contribution in [2.24, 2.45) is 0 Å². The van der Waals surface area contributed by atoms with E-state index >= 15 is 0 Å². The standard InChI is InChI=1S/C14H22N2O3S/c1-9-7-12(15)10(2)13(8-9)20(17,18)16-14(4)5-6-19-11(14)3/h7-8,11,16H,5-6,15H2,1-4H3. The van der Waals surface area contributed by atoms with Crippen molar-refractivity contribution in [2.45, 2.75) is 50.7 Å². The molecule has 112 valence electrons. The van der Waals surface area contributed by atoms with Crippen molar-refractivity contribution in [1.29, 1.82) is 0 Å². The second kappa shape index (κ2) is 5.02. The molecule has 0 amide bonds. The van der Waals surface area contributed by atoms with Crippen molar-refractivity contribution in [3.05, 3.63) is 23.3 Å². The Kier molecular flexibility index (Phi) is 3.83. The van der Waals surface area contributed by atoms with Crippen LogP contribution in [0.15, 0.2) is 17.0 Å². The van der Waals surface area contributed by atoms with Crippen LogP contribution in [0.4, 0.5) is 5.69 Å². The van der Waals surface area contributed by atoms with E-state index in [1.54, 1.807) is 19.1 Å². The molecular formula is C14H22N2O3S. The summed E-state index contributed by atoms with van der Waals surface area (Å²) in [4.78, 5) is 0.246. The number of aryl methyl sites for hydroxylation is 1. The fraction of sp³-hybridized carbons (Fsp3) is 0.571. The zero-order chi connectivity index (χ0) is 15.1. The van der Waals surface area contributed by atoms with E-state index in [9.17, 15) is 8.42 Å². The van der Waals surface area contributed by atoms with Gasteiger partial charge in [0.1, 0.15) is 0 Å². The highest BCUT2D eigenvalue weighted by Crippen LogP contribution is 2.29. The number of rotatable bonds is 3. The van der Waals surface area contributed by atoms with Crippen molar-refractivity contribution in [1.82, 2.24) is 4.72 Å². The molecule has 3 N–H and O–H groups in total. The Bertz CT molecular complexity index is 628. The average molecular weight is 298 g/mol. The molecule has 1 heterocycles. The molecule has 1 aromatic rings. The molecular weight excluding hydrogens is 276 g/mol. The molecule has 1 aliphatic heterocycles. The van der Waals surface area contributed by atoms with Gasteiger partial charge in [0.05, 0.1) is 16.5 Å². The summed E-state index contributed by atoms with van der Waals surface area (Å²) in [6.07, 6.45) is 0.507. The normalized spacial score (nSPS) is 26.9. The predicted octanol–water partition coefficient (Wildman–Crippen LogP) is 1.73. The molecule has 0 aromatic heterocycles. The van der Waals surface area contributed by atoms with E-state index in [0.717, 1.165) is 5.56 Å². The van der Waals surface area contributed by atoms with E-state index in [-0.39, 0.29) is 11.0 Å². The summed E-state index contributed by atoms with van der Waals surface area (Å²) in [6.45, 7) is 7.87. The number of ether oxygens (including phenoxy) is 1. The zero-order valence-corrected chi connectivity index (χ0v) is 13.2. The first kappa shape index (κ1) is 15.3. The molecule has 1 fully saturated rings. The highest BCUT2D eigenvalue weighted by atomic mass is 32.2. The monoisotopic (exact) mass is 298 g/mol. The number of nitrogens with one attached hydrogen (secondary N) is 1. The van der Waals surface area contributed by atoms with Gasteiger partial charge in [-0.2, -0.15) is 0 Å². The second-order valence-electron chi connectivity index (χ2n) is 5.76. The minimum atomic E-state index is -3.62. The van der Waals surface area contributed by atoms with E-state index < -0.39 is 15.6 Å². The van der Waals surface area contributed by atoms with Crippen molar-refractivity contribution in [3.63, 3.8) is 0 Å². The molecule has 5 nitrogen and oxygen atoms in total. The van der Waals surface area contributed by atoms with Gasteiger partial charge in [-0.05, 0) is 57.4 Å². The van der Waals surface area contributed by atoms with Crippen LogP contribution in [0.3, 0.4) is 0 Å². The second-order valence-corrected chi connectivity index (χ2v) is 7.41. The SMILES string of the molecule is Cc1cc(N)c(C)c(S(=O)(=O)NC2(C)CCOC2C)c1. The molecule has 2 unspecified atom stereocenters. The van der Waals surface area contributed by atoms with Gasteiger partial charge in [0.2, 0.25) is 10.0 Å². The summed E-state index contributed by atoms with van der Waals surface area (Å²) in [5, 5.41) is 0. The van der Waals surface area contributed by atoms with Crippen LogP contribution in [0.2, 0.25) is 0 Å². The molecule has 1 saturated heterocycles. The number of nitrogen functional groups attached to an aromatic ring is 1. The van der Waals surface area contributed by atoms with Crippen LogP contribution < -0.4 is 10.5 Å². The summed E-state index contributed by atoms with van der Waals surface area (Å²) in [6, 6.07) is 3.43. The van der Waals surface area contributed by atoms with Crippen molar-refractivity contribution in [2.75, 3.05) is 12.3 Å². The molecule has 0 spiro atoms. The quantitative estimate of drug-likeness (QED) is 0.833. The lowest BCUT2D eigenvalue weighted by molar-refractivity contribution is 0.0957. The molecule has 20 heavy (non-hydrogen) atoms. The number of nitrogens with two attached hydrogens (primary N) is 1. The molecule has 0 saturated carbocycles. The van der Waals surface area contributed by atoms with Crippen LogP contribution in [-0.4, -0.2) is 26.7 Å². The Balaban J connectivity index is 2.41. The van der Waals surface area contributed by atoms with Crippen LogP contribution in [0.5, 0.6) is 0 Å². The van der Waals surface area contributed by atoms with Crippen molar-refractivity contribution < 1.29 is 13.2 Å². The minimum absolute atomic E-state index is 0.153. The molecule has 0 aliphatic carbocycles. The molecule has 2 rings (SSSR count). The summed E-state index contributed by atoms with van der Waals surface area (Å²) in [7, 11) is -3.62. The lowest BCUT2D eigenvalue weighted by atomic mass is 9.97. The van der Waals surface area contributed by atoms with Gasteiger partial charge < -0.3 is 10.5 Å². The molecule has 1 aromatic carbocycles. The van der Waals surface area contributed by atoms with Gasteiger partial charge in [-0.1, -0.05) is 0 Å². The summed E-state index contributed by atoms with van der Waals surface area (Å²) in [5.41, 5.74) is 7.19. The molecule has 2 atom stereocenters. The topological polar surface area (TPSA) is 81.4 Å². The maximum absolute atomic E-state index is 12.6. The Hall–Kier alpha value is -1.11. The number of hydrogen-bond acceptors (Lipinski definition) is 4. The van der Waals surface area contributed by atoms with Crippen LogP contribution in [-0.2, 0) is 14.8 Å². The van der Waals surface area contributed by atoms with Crippen LogP contribution >= 0.6 is 0 Å². The number of hydrogen-bond donors (Lipinski definition) is 2. The van der Waals surface area contributed by atoms with Gasteiger partial charge in [-0.25, -0.2) is 13.1 Å². The molecule has 6 heteroatoms. The highest BCUT2D eigenvalue weighted by molar-refractivity contribution is 7.89. The van der Waals surface area contributed by atoms with Gasteiger partial charge in [-0.3, -0.25) is 0 Å². The summed E-state index contributed by atoms with van der Waals surface area (Å²) < 4.78 is 33.5. The Morgan fingerprint density at radius 3 is 2.60 bits per heavy atom. The first-order valence-electron chi connectivity index (χ1n) is 6.68. The first-order chi connectivity index (χ1) is 9.16. The third kappa shape index (κ3) is 2.68. The van der Waals surface area contributed by atoms with E-state index in [0.29, 0.717) is 24.3 Å². The highest BCUT2D eigenvalue weighted by Gasteiger charge is 2.41. The van der Waals surface area contributed by atoms with Crippen LogP contribution in [0.1, 0.15) is 31.4 Å². The molecule has 0 radical (unpaired) electrons. The number of benzene rings is 1. The predicted molar refractivity (Wildman–Crippen MR) is 79.1 cm³/mol. The van der Waals surface area contributed by atoms with Gasteiger partial charge in [0.15, 0.2) is 0 Å². The van der Waals surface area contributed by atoms with Crippen LogP contribution in [0.25, 0.3) is 0 Å². The van der Waals surface area contributed by atoms with Gasteiger partial charge in [0, 0.05) is 12.3 Å². The lowest BCUT2D eigenvalue weighted by Crippen LogP contribution is -2.50. The van der Waals surface area contributed by atoms with E-state index in [4.69, 9.17) is 10.5 Å². The van der Waals surface area contributed by atoms with E-state index in [2.05, 4.69) is 4.72 Å². The fourth-order valence-corrected chi connectivity index (χ4v) is 4.32. The Morgan fingerprint density at radius 2 is 2.05 bits per heavy atom. The number of anilines is 1. The third-order valence-corrected chi connectivity index (χ3v) is 5.83. The Morgan fingerprint density at radius 1 is 1.40 bits per heavy atom. The van der Waals surface area contributed by atoms with E-state index in [1.807, 2.05) is 20.8 Å². The summed E-state index contributed by atoms with van der Waals surface area (Å²) >= 11 is 0. The smallest absolute Gasteiger partial charge is 0.241 e. The number of sulfonamides is 1. The van der Waals surface area contributed by atoms with E-state index in [1.165, 1.54) is 0 Å². The first-order valence-corrected chi connectivity index (χ1v) is 8.16. The largest absolute Gasteiger partial charge is 0.398 e. The van der Waals surface area contributed by atoms with Crippen LogP contribution in [0, 0.1) is 13.8 Å². The van der Waals surface area contributed by atoms with Crippen molar-refractivity contribution in [3.8, 4) is 0 Å². The fourth-order valence-electron chi connectivity index (χ4n) is 2.46. The lowest BCUT2D eigenvalue weighted by Gasteiger charge is -2.29. The third-order valence-electron chi connectivity index (χ3n) is 4.09. The summed E-state index contributed by atoms with van der Waals surface area (Å²) in [5.74, 6) is 0. The van der Waals surface area contributed by atoms with Gasteiger partial charge in [0.25, 0.3) is 0 Å². The molecule has 1 aliphatic rings. The maximum Gasteiger partial charge on any atom is 0.241 e. The molecule has 0 bridgehead atoms.